The Balaban J connectivity index is 1.71. The first-order valence-electron chi connectivity index (χ1n) is 9.60. The minimum absolute atomic E-state index is 0.175. The molecule has 0 N–H and O–H groups in total. The highest BCUT2D eigenvalue weighted by Gasteiger charge is 2.15. The van der Waals surface area contributed by atoms with E-state index in [2.05, 4.69) is 23.4 Å². The van der Waals surface area contributed by atoms with Crippen LogP contribution in [0, 0.1) is 6.92 Å². The zero-order valence-corrected chi connectivity index (χ0v) is 16.9. The van der Waals surface area contributed by atoms with Crippen molar-refractivity contribution in [3.05, 3.63) is 54.1 Å². The van der Waals surface area contributed by atoms with Crippen LogP contribution in [0.3, 0.4) is 0 Å². The largest absolute Gasteiger partial charge is 0.328 e. The standard InChI is InChI=1S/C21H27N3O2S/c1-3-4-12-20-23-19-16-22-15-17(2)21(19)24(20)13-8-9-14-27(25,26)18-10-6-5-7-11-18/h5-7,10-11,15-16H,3-4,8-9,12-14H2,1-2H3. The summed E-state index contributed by atoms with van der Waals surface area (Å²) < 4.78 is 27.1. The molecule has 0 spiro atoms. The van der Waals surface area contributed by atoms with Gasteiger partial charge in [0.2, 0.25) is 0 Å². The van der Waals surface area contributed by atoms with E-state index < -0.39 is 9.84 Å². The Morgan fingerprint density at radius 1 is 1.04 bits per heavy atom. The molecule has 0 amide bonds. The Morgan fingerprint density at radius 2 is 1.81 bits per heavy atom. The van der Waals surface area contributed by atoms with Crippen LogP contribution in [0.15, 0.2) is 47.6 Å². The van der Waals surface area contributed by atoms with Gasteiger partial charge in [0, 0.05) is 19.2 Å². The van der Waals surface area contributed by atoms with Crippen molar-refractivity contribution in [1.82, 2.24) is 14.5 Å². The molecular weight excluding hydrogens is 358 g/mol. The number of imidazole rings is 1. The number of aryl methyl sites for hydroxylation is 3. The van der Waals surface area contributed by atoms with Crippen LogP contribution in [-0.4, -0.2) is 28.7 Å². The molecule has 5 nitrogen and oxygen atoms in total. The monoisotopic (exact) mass is 385 g/mol. The van der Waals surface area contributed by atoms with Crippen LogP contribution in [0.2, 0.25) is 0 Å². The first-order chi connectivity index (χ1) is 13.0. The number of pyridine rings is 1. The summed E-state index contributed by atoms with van der Waals surface area (Å²) in [5.41, 5.74) is 3.17. The maximum Gasteiger partial charge on any atom is 0.178 e. The smallest absolute Gasteiger partial charge is 0.178 e. The molecule has 3 rings (SSSR count). The van der Waals surface area contributed by atoms with Crippen LogP contribution >= 0.6 is 0 Å². The number of rotatable bonds is 9. The molecule has 0 unspecified atom stereocenters. The molecular formula is C21H27N3O2S. The van der Waals surface area contributed by atoms with Crippen LogP contribution in [-0.2, 0) is 22.8 Å². The normalized spacial score (nSPS) is 11.9. The van der Waals surface area contributed by atoms with Gasteiger partial charge in [-0.05, 0) is 43.9 Å². The highest BCUT2D eigenvalue weighted by molar-refractivity contribution is 7.91. The van der Waals surface area contributed by atoms with Crippen LogP contribution in [0.4, 0.5) is 0 Å². The summed E-state index contributed by atoms with van der Waals surface area (Å²) >= 11 is 0. The molecule has 144 valence electrons. The fourth-order valence-corrected chi connectivity index (χ4v) is 4.77. The Kier molecular flexibility index (Phi) is 6.26. The van der Waals surface area contributed by atoms with E-state index in [1.54, 1.807) is 24.3 Å². The zero-order chi connectivity index (χ0) is 19.3. The molecule has 0 atom stereocenters. The van der Waals surface area contributed by atoms with Crippen LogP contribution in [0.1, 0.15) is 44.0 Å². The maximum atomic E-state index is 12.4. The van der Waals surface area contributed by atoms with E-state index in [9.17, 15) is 8.42 Å². The maximum absolute atomic E-state index is 12.4. The van der Waals surface area contributed by atoms with Gasteiger partial charge in [-0.15, -0.1) is 0 Å². The van der Waals surface area contributed by atoms with E-state index in [4.69, 9.17) is 4.98 Å². The van der Waals surface area contributed by atoms with E-state index in [1.807, 2.05) is 18.5 Å². The zero-order valence-electron chi connectivity index (χ0n) is 16.1. The number of hydrogen-bond acceptors (Lipinski definition) is 4. The molecule has 0 bridgehead atoms. The second-order valence-corrected chi connectivity index (χ2v) is 9.06. The number of benzene rings is 1. The van der Waals surface area contributed by atoms with E-state index >= 15 is 0 Å². The van der Waals surface area contributed by atoms with Crippen LogP contribution in [0.5, 0.6) is 0 Å². The van der Waals surface area contributed by atoms with Crippen molar-refractivity contribution in [3.63, 3.8) is 0 Å². The number of fused-ring (bicyclic) bond motifs is 1. The van der Waals surface area contributed by atoms with Crippen molar-refractivity contribution >= 4 is 20.9 Å². The van der Waals surface area contributed by atoms with E-state index in [1.165, 1.54) is 0 Å². The molecule has 2 aromatic heterocycles. The van der Waals surface area contributed by atoms with Gasteiger partial charge in [0.25, 0.3) is 0 Å². The molecule has 0 aliphatic carbocycles. The van der Waals surface area contributed by atoms with Crippen molar-refractivity contribution in [3.8, 4) is 0 Å². The third kappa shape index (κ3) is 4.56. The third-order valence-corrected chi connectivity index (χ3v) is 6.63. The number of aromatic nitrogens is 3. The van der Waals surface area contributed by atoms with Gasteiger partial charge >= 0.3 is 0 Å². The predicted octanol–water partition coefficient (Wildman–Crippen LogP) is 4.34. The van der Waals surface area contributed by atoms with Gasteiger partial charge in [-0.3, -0.25) is 4.98 Å². The molecule has 3 aromatic rings. The van der Waals surface area contributed by atoms with E-state index in [-0.39, 0.29) is 5.75 Å². The average molecular weight is 386 g/mol. The summed E-state index contributed by atoms with van der Waals surface area (Å²) in [6.07, 6.45) is 8.27. The topological polar surface area (TPSA) is 64.8 Å². The van der Waals surface area contributed by atoms with E-state index in [0.29, 0.717) is 11.3 Å². The molecule has 27 heavy (non-hydrogen) atoms. The summed E-state index contributed by atoms with van der Waals surface area (Å²) in [5, 5.41) is 0. The molecule has 2 heterocycles. The van der Waals surface area contributed by atoms with Crippen molar-refractivity contribution in [2.45, 2.75) is 57.4 Å². The van der Waals surface area contributed by atoms with Gasteiger partial charge < -0.3 is 4.57 Å². The van der Waals surface area contributed by atoms with Crippen molar-refractivity contribution in [1.29, 1.82) is 0 Å². The number of sulfone groups is 1. The van der Waals surface area contributed by atoms with Crippen LogP contribution < -0.4 is 0 Å². The molecule has 1 aromatic carbocycles. The van der Waals surface area contributed by atoms with Gasteiger partial charge in [0.05, 0.1) is 22.4 Å². The highest BCUT2D eigenvalue weighted by atomic mass is 32.2. The quantitative estimate of drug-likeness (QED) is 0.514. The summed E-state index contributed by atoms with van der Waals surface area (Å²) in [6.45, 7) is 5.01. The summed E-state index contributed by atoms with van der Waals surface area (Å²) in [5.74, 6) is 1.25. The SMILES string of the molecule is CCCCc1nc2cncc(C)c2n1CCCCS(=O)(=O)c1ccccc1. The minimum Gasteiger partial charge on any atom is -0.328 e. The fraction of sp³-hybridized carbons (Fsp3) is 0.429. The van der Waals surface area contributed by atoms with Gasteiger partial charge in [-0.25, -0.2) is 13.4 Å². The summed E-state index contributed by atoms with van der Waals surface area (Å²) in [4.78, 5) is 9.43. The molecule has 0 aliphatic heterocycles. The van der Waals surface area contributed by atoms with Gasteiger partial charge in [-0.1, -0.05) is 31.5 Å². The molecule has 0 fully saturated rings. The van der Waals surface area contributed by atoms with Gasteiger partial charge in [-0.2, -0.15) is 0 Å². The summed E-state index contributed by atoms with van der Waals surface area (Å²) in [7, 11) is -3.21. The Bertz CT molecular complexity index is 995. The summed E-state index contributed by atoms with van der Waals surface area (Å²) in [6, 6.07) is 8.69. The van der Waals surface area contributed by atoms with Crippen molar-refractivity contribution < 1.29 is 8.42 Å². The average Bonchev–Trinajstić information content (AvgIpc) is 3.03. The highest BCUT2D eigenvalue weighted by Crippen LogP contribution is 2.21. The Hall–Kier alpha value is -2.21. The third-order valence-electron chi connectivity index (χ3n) is 4.81. The molecule has 0 radical (unpaired) electrons. The first-order valence-corrected chi connectivity index (χ1v) is 11.3. The second-order valence-electron chi connectivity index (χ2n) is 6.95. The van der Waals surface area contributed by atoms with E-state index in [0.717, 1.165) is 54.6 Å². The minimum atomic E-state index is -3.21. The van der Waals surface area contributed by atoms with Crippen molar-refractivity contribution in [2.24, 2.45) is 0 Å². The molecule has 6 heteroatoms. The Morgan fingerprint density at radius 3 is 2.56 bits per heavy atom. The Labute approximate surface area is 161 Å². The molecule has 0 aliphatic rings. The first kappa shape index (κ1) is 19.5. The molecule has 0 saturated carbocycles. The van der Waals surface area contributed by atoms with Crippen LogP contribution in [0.25, 0.3) is 11.0 Å². The lowest BCUT2D eigenvalue weighted by Crippen LogP contribution is -2.09. The number of hydrogen-bond donors (Lipinski definition) is 0. The van der Waals surface area contributed by atoms with Gasteiger partial charge in [0.1, 0.15) is 11.3 Å². The number of nitrogens with zero attached hydrogens (tertiary/aromatic N) is 3. The molecule has 0 saturated heterocycles. The number of unbranched alkanes of at least 4 members (excludes halogenated alkanes) is 2. The van der Waals surface area contributed by atoms with Gasteiger partial charge in [0.15, 0.2) is 9.84 Å². The lowest BCUT2D eigenvalue weighted by molar-refractivity contribution is 0.577. The van der Waals surface area contributed by atoms with Crippen molar-refractivity contribution in [2.75, 3.05) is 5.75 Å². The fourth-order valence-electron chi connectivity index (χ4n) is 3.38. The predicted molar refractivity (Wildman–Crippen MR) is 109 cm³/mol. The lowest BCUT2D eigenvalue weighted by atomic mass is 10.2. The lowest BCUT2D eigenvalue weighted by Gasteiger charge is -2.10. The second kappa shape index (κ2) is 8.65.